The quantitative estimate of drug-likeness (QED) is 0.0593. The molecule has 0 unspecified atom stereocenters. The number of nitrogens with one attached hydrogen (secondary N) is 4. The molecule has 7 N–H and O–H groups in total. The van der Waals surface area contributed by atoms with Gasteiger partial charge in [0, 0.05) is 33.6 Å². The number of carboxylic acids is 1. The number of carbonyl (C=O) groups is 5. The molecule has 0 heterocycles. The summed E-state index contributed by atoms with van der Waals surface area (Å²) in [6.07, 6.45) is 2.02. The molecule has 0 aromatic heterocycles. The second-order valence-corrected chi connectivity index (χ2v) is 16.3. The van der Waals surface area contributed by atoms with Gasteiger partial charge < -0.3 is 15.7 Å². The summed E-state index contributed by atoms with van der Waals surface area (Å²) < 4.78 is 69.7. The number of Topliss-reactive ketones (excluding diaryl/α,β-unsaturated/α-hetero) is 2. The predicted octanol–water partition coefficient (Wildman–Crippen LogP) is 5.98. The number of aryl methyl sites for hydroxylation is 1. The van der Waals surface area contributed by atoms with Crippen molar-refractivity contribution in [2.45, 2.75) is 6.92 Å². The number of anilines is 4. The molecule has 0 spiro atoms. The lowest BCUT2D eigenvalue weighted by molar-refractivity contribution is 0.0697. The van der Waals surface area contributed by atoms with Crippen LogP contribution in [0.2, 0.25) is 0 Å². The second kappa shape index (κ2) is 16.6. The van der Waals surface area contributed by atoms with Crippen molar-refractivity contribution in [3.05, 3.63) is 164 Å². The molecule has 0 bridgehead atoms. The van der Waals surface area contributed by atoms with Crippen LogP contribution >= 0.6 is 0 Å². The summed E-state index contributed by atoms with van der Waals surface area (Å²) in [5.74, 6) is -4.17. The molecule has 7 rings (SSSR count). The van der Waals surface area contributed by atoms with E-state index in [1.165, 1.54) is 78.9 Å². The lowest BCUT2D eigenvalue weighted by atomic mass is 9.94. The Balaban J connectivity index is 1.08. The largest absolute Gasteiger partial charge is 0.478 e. The highest BCUT2D eigenvalue weighted by molar-refractivity contribution is 7.91. The number of allylic oxidation sites excluding steroid dienone is 2. The predicted molar refractivity (Wildman–Crippen MR) is 230 cm³/mol. The molecule has 0 aliphatic heterocycles. The first kappa shape index (κ1) is 42.2. The van der Waals surface area contributed by atoms with Crippen molar-refractivity contribution in [1.82, 2.24) is 0 Å². The number of carboxylic acid groups (broad SMARTS) is 1. The van der Waals surface area contributed by atoms with Gasteiger partial charge in [0.1, 0.15) is 9.81 Å². The van der Waals surface area contributed by atoms with Crippen LogP contribution in [0.25, 0.3) is 12.2 Å². The first-order chi connectivity index (χ1) is 29.4. The van der Waals surface area contributed by atoms with Crippen LogP contribution in [0.5, 0.6) is 0 Å². The third kappa shape index (κ3) is 8.83. The fraction of sp³-hybridized carbons (Fsp3) is 0.0238. The van der Waals surface area contributed by atoms with Gasteiger partial charge in [0.15, 0.2) is 11.4 Å². The molecule has 0 saturated carbocycles. The number of benzene rings is 5. The summed E-state index contributed by atoms with van der Waals surface area (Å²) in [5, 5.41) is 22.6. The maximum atomic E-state index is 13.5. The van der Waals surface area contributed by atoms with E-state index in [2.05, 4.69) is 31.7 Å². The molecule has 5 aromatic rings. The zero-order chi connectivity index (χ0) is 44.5. The molecule has 2 amide bonds. The monoisotopic (exact) mass is 874 g/mol. The fourth-order valence-corrected chi connectivity index (χ4v) is 7.68. The molecule has 312 valence electrons. The maximum Gasteiger partial charge on any atom is 0.337 e. The van der Waals surface area contributed by atoms with Gasteiger partial charge in [-0.3, -0.25) is 39.1 Å². The Labute approximate surface area is 351 Å². The Kier molecular flexibility index (Phi) is 11.3. The Morgan fingerprint density at radius 2 is 1.05 bits per heavy atom. The Bertz CT molecular complexity index is 3140. The molecule has 0 atom stereocenters. The minimum absolute atomic E-state index is 0.00798. The number of amides is 2. The maximum absolute atomic E-state index is 13.5. The molecule has 62 heavy (non-hydrogen) atoms. The lowest BCUT2D eigenvalue weighted by Crippen LogP contribution is -2.27. The van der Waals surface area contributed by atoms with Crippen LogP contribution in [0.15, 0.2) is 129 Å². The summed E-state index contributed by atoms with van der Waals surface area (Å²) in [4.78, 5) is 62.9. The van der Waals surface area contributed by atoms with Gasteiger partial charge in [0.2, 0.25) is 11.6 Å². The number of carbonyl (C=O) groups excluding carboxylic acids is 4. The van der Waals surface area contributed by atoms with Gasteiger partial charge in [0.05, 0.1) is 16.9 Å². The summed E-state index contributed by atoms with van der Waals surface area (Å²) >= 11 is 0. The molecule has 0 saturated heterocycles. The van der Waals surface area contributed by atoms with Crippen molar-refractivity contribution in [3.8, 4) is 0 Å². The van der Waals surface area contributed by atoms with E-state index in [1.807, 2.05) is 0 Å². The number of hydrogen-bond acceptors (Lipinski definition) is 13. The number of hydrazone groups is 2. The number of nitrogens with zero attached hydrogens (tertiary/aromatic N) is 2. The third-order valence-electron chi connectivity index (χ3n) is 9.39. The average Bonchev–Trinajstić information content (AvgIpc) is 3.22. The fourth-order valence-electron chi connectivity index (χ4n) is 6.36. The van der Waals surface area contributed by atoms with Gasteiger partial charge in [-0.15, -0.1) is 0 Å². The molecule has 18 nitrogen and oxygen atoms in total. The van der Waals surface area contributed by atoms with E-state index in [-0.39, 0.29) is 56.1 Å². The number of ketones is 2. The van der Waals surface area contributed by atoms with Crippen LogP contribution in [-0.2, 0) is 20.2 Å². The highest BCUT2D eigenvalue weighted by Gasteiger charge is 2.34. The third-order valence-corrected chi connectivity index (χ3v) is 11.1. The van der Waals surface area contributed by atoms with Crippen molar-refractivity contribution >= 4 is 95.9 Å². The number of fused-ring (bicyclic) bond motifs is 2. The zero-order valence-corrected chi connectivity index (χ0v) is 33.4. The highest BCUT2D eigenvalue weighted by Crippen LogP contribution is 2.31. The normalized spacial score (nSPS) is 14.9. The number of para-hydroxylation sites is 1. The lowest BCUT2D eigenvalue weighted by Gasteiger charge is -2.18. The van der Waals surface area contributed by atoms with Gasteiger partial charge in [-0.25, -0.2) is 4.79 Å². The average molecular weight is 875 g/mol. The molecule has 20 heteroatoms. The van der Waals surface area contributed by atoms with E-state index in [1.54, 1.807) is 37.3 Å². The summed E-state index contributed by atoms with van der Waals surface area (Å²) in [6.45, 7) is 1.59. The van der Waals surface area contributed by atoms with E-state index in [0.717, 1.165) is 12.2 Å². The number of aromatic carboxylic acids is 1. The minimum Gasteiger partial charge on any atom is -0.478 e. The van der Waals surface area contributed by atoms with Crippen LogP contribution in [0.4, 0.5) is 22.7 Å². The summed E-state index contributed by atoms with van der Waals surface area (Å²) in [5.41, 5.74) is 5.01. The van der Waals surface area contributed by atoms with Crippen molar-refractivity contribution in [2.24, 2.45) is 10.2 Å². The minimum atomic E-state index is -5.05. The SMILES string of the molecule is Cc1cc(C(=O)Nc2ccc3c(c2)C=C(S(=O)(=O)O)/C(=N/Nc2ccccc2C(=O)O)C3=O)ccc1N/N=C1\C(=O)c2ccc(NC(=O)c3ccccc3)cc2C=C1S(=O)(=O)O. The first-order valence-electron chi connectivity index (χ1n) is 17.9. The Morgan fingerprint density at radius 3 is 1.55 bits per heavy atom. The van der Waals surface area contributed by atoms with Gasteiger partial charge in [-0.05, 0) is 115 Å². The van der Waals surface area contributed by atoms with E-state index in [4.69, 9.17) is 0 Å². The van der Waals surface area contributed by atoms with E-state index < -0.39 is 70.8 Å². The molecule has 5 aromatic carbocycles. The molecular formula is C42H30N6O12S2. The van der Waals surface area contributed by atoms with Gasteiger partial charge in [0.25, 0.3) is 32.1 Å². The molecule has 0 fully saturated rings. The van der Waals surface area contributed by atoms with Crippen LogP contribution in [0.3, 0.4) is 0 Å². The summed E-state index contributed by atoms with van der Waals surface area (Å²) in [6, 6.07) is 26.3. The van der Waals surface area contributed by atoms with E-state index >= 15 is 0 Å². The van der Waals surface area contributed by atoms with Gasteiger partial charge >= 0.3 is 5.97 Å². The van der Waals surface area contributed by atoms with Crippen LogP contribution in [0.1, 0.15) is 68.5 Å². The van der Waals surface area contributed by atoms with Crippen LogP contribution < -0.4 is 21.5 Å². The second-order valence-electron chi connectivity index (χ2n) is 13.5. The Hall–Kier alpha value is -7.91. The van der Waals surface area contributed by atoms with Crippen LogP contribution in [-0.4, -0.2) is 71.8 Å². The van der Waals surface area contributed by atoms with Crippen molar-refractivity contribution in [1.29, 1.82) is 0 Å². The zero-order valence-electron chi connectivity index (χ0n) is 31.8. The van der Waals surface area contributed by atoms with Crippen molar-refractivity contribution in [3.63, 3.8) is 0 Å². The Morgan fingerprint density at radius 1 is 0.565 bits per heavy atom. The number of rotatable bonds is 11. The van der Waals surface area contributed by atoms with Gasteiger partial charge in [-0.2, -0.15) is 27.0 Å². The van der Waals surface area contributed by atoms with Gasteiger partial charge in [-0.1, -0.05) is 30.3 Å². The summed E-state index contributed by atoms with van der Waals surface area (Å²) in [7, 11) is -10.0. The highest BCUT2D eigenvalue weighted by atomic mass is 32.2. The molecule has 2 aliphatic carbocycles. The molecule has 0 radical (unpaired) electrons. The van der Waals surface area contributed by atoms with E-state index in [0.29, 0.717) is 11.1 Å². The van der Waals surface area contributed by atoms with Crippen molar-refractivity contribution < 1.29 is 55.0 Å². The van der Waals surface area contributed by atoms with Crippen molar-refractivity contribution in [2.75, 3.05) is 21.5 Å². The molecule has 2 aliphatic rings. The van der Waals surface area contributed by atoms with Crippen LogP contribution in [0, 0.1) is 6.92 Å². The smallest absolute Gasteiger partial charge is 0.337 e. The topological polar surface area (TPSA) is 287 Å². The molecular weight excluding hydrogens is 845 g/mol. The number of hydrogen-bond donors (Lipinski definition) is 7. The van der Waals surface area contributed by atoms with E-state index in [9.17, 15) is 55.0 Å². The first-order valence-corrected chi connectivity index (χ1v) is 20.8. The standard InChI is InChI=1S/C42H30N6O12S2/c1-22-17-24(41(52)44-28-13-15-30-26(19-28)21-35(62(58,59)60)37(39(30)50)48-46-33-10-6-5-9-31(33)42(53)54)11-16-32(22)45-47-36-34(61(55,56)57)20-25-18-27(12-14-29(25)38(36)49)43-40(51)23-7-3-2-4-8-23/h2-21,45-46H,1H3,(H,43,51)(H,44,52)(H,53,54)(H,55,56,57)(H,58,59,60)/b47-36-,48-37-.